The summed E-state index contributed by atoms with van der Waals surface area (Å²) in [5, 5.41) is 0. The first kappa shape index (κ1) is 23.8. The summed E-state index contributed by atoms with van der Waals surface area (Å²) in [6.07, 6.45) is 13.9. The van der Waals surface area contributed by atoms with Crippen LogP contribution in [0, 0.1) is 11.7 Å². The molecule has 2 aromatic carbocycles. The smallest absolute Gasteiger partial charge is 0.165 e. The summed E-state index contributed by atoms with van der Waals surface area (Å²) in [4.78, 5) is 0. The third kappa shape index (κ3) is 7.09. The number of ether oxygens (including phenoxy) is 1. The van der Waals surface area contributed by atoms with E-state index in [1.165, 1.54) is 63.4 Å². The molecule has 1 saturated carbocycles. The number of hydrogen-bond acceptors (Lipinski definition) is 1. The molecule has 31 heavy (non-hydrogen) atoms. The van der Waals surface area contributed by atoms with Crippen LogP contribution in [0.3, 0.4) is 0 Å². The zero-order valence-electron chi connectivity index (χ0n) is 19.8. The molecule has 1 atom stereocenters. The summed E-state index contributed by atoms with van der Waals surface area (Å²) in [6.45, 7) is 6.54. The molecule has 0 amide bonds. The van der Waals surface area contributed by atoms with Gasteiger partial charge in [-0.15, -0.1) is 0 Å². The van der Waals surface area contributed by atoms with Gasteiger partial charge < -0.3 is 4.74 Å². The molecule has 0 saturated heterocycles. The van der Waals surface area contributed by atoms with E-state index in [4.69, 9.17) is 4.74 Å². The third-order valence-corrected chi connectivity index (χ3v) is 6.98. The Morgan fingerprint density at radius 3 is 2.23 bits per heavy atom. The van der Waals surface area contributed by atoms with Crippen molar-refractivity contribution in [3.63, 3.8) is 0 Å². The van der Waals surface area contributed by atoms with Crippen LogP contribution in [0.5, 0.6) is 5.75 Å². The van der Waals surface area contributed by atoms with Crippen LogP contribution in [0.2, 0.25) is 0 Å². The largest absolute Gasteiger partial charge is 0.488 e. The van der Waals surface area contributed by atoms with Crippen molar-refractivity contribution < 1.29 is 9.13 Å². The van der Waals surface area contributed by atoms with Gasteiger partial charge in [0.2, 0.25) is 0 Å². The van der Waals surface area contributed by atoms with Gasteiger partial charge in [-0.05, 0) is 86.1 Å². The normalized spacial score (nSPS) is 19.9. The number of unbranched alkanes of at least 4 members (excludes halogenated alkanes) is 3. The van der Waals surface area contributed by atoms with Crippen molar-refractivity contribution in [2.75, 3.05) is 0 Å². The zero-order valence-corrected chi connectivity index (χ0v) is 19.8. The molecule has 2 aromatic rings. The second kappa shape index (κ2) is 12.3. The van der Waals surface area contributed by atoms with E-state index in [0.717, 1.165) is 29.9 Å². The standard InChI is InChI=1S/C29H41FO/c1-4-6-7-8-10-22(3)31-29-20-19-27(21-28(29)30)26-17-15-25(16-18-26)24-13-11-23(9-5-2)12-14-24/h15-24H,4-14H2,1-3H3. The Kier molecular flexibility index (Phi) is 9.43. The van der Waals surface area contributed by atoms with Crippen LogP contribution < -0.4 is 4.74 Å². The zero-order chi connectivity index (χ0) is 22.1. The van der Waals surface area contributed by atoms with Crippen LogP contribution in [-0.2, 0) is 0 Å². The van der Waals surface area contributed by atoms with Crippen molar-refractivity contribution in [3.8, 4) is 16.9 Å². The molecule has 0 aliphatic heterocycles. The summed E-state index contributed by atoms with van der Waals surface area (Å²) in [5.74, 6) is 1.72. The maximum Gasteiger partial charge on any atom is 0.165 e. The van der Waals surface area contributed by atoms with E-state index in [9.17, 15) is 4.39 Å². The Morgan fingerprint density at radius 2 is 1.58 bits per heavy atom. The molecule has 1 nitrogen and oxygen atoms in total. The summed E-state index contributed by atoms with van der Waals surface area (Å²) in [7, 11) is 0. The average Bonchev–Trinajstić information content (AvgIpc) is 2.79. The van der Waals surface area contributed by atoms with Crippen molar-refractivity contribution >= 4 is 0 Å². The van der Waals surface area contributed by atoms with Gasteiger partial charge in [0.05, 0.1) is 6.10 Å². The Labute approximate surface area is 189 Å². The van der Waals surface area contributed by atoms with Gasteiger partial charge in [-0.3, -0.25) is 0 Å². The highest BCUT2D eigenvalue weighted by Crippen LogP contribution is 2.38. The van der Waals surface area contributed by atoms with E-state index in [1.54, 1.807) is 12.1 Å². The lowest BCUT2D eigenvalue weighted by Gasteiger charge is -2.28. The molecule has 1 aliphatic carbocycles. The number of benzene rings is 2. The molecule has 0 spiro atoms. The van der Waals surface area contributed by atoms with Gasteiger partial charge in [0.15, 0.2) is 11.6 Å². The lowest BCUT2D eigenvalue weighted by atomic mass is 9.77. The minimum absolute atomic E-state index is 0.0453. The fourth-order valence-electron chi connectivity index (χ4n) is 5.05. The average molecular weight is 425 g/mol. The molecular formula is C29H41FO. The van der Waals surface area contributed by atoms with Crippen molar-refractivity contribution in [2.24, 2.45) is 5.92 Å². The lowest BCUT2D eigenvalue weighted by Crippen LogP contribution is -2.13. The van der Waals surface area contributed by atoms with E-state index in [2.05, 4.69) is 38.1 Å². The topological polar surface area (TPSA) is 9.23 Å². The van der Waals surface area contributed by atoms with Gasteiger partial charge in [-0.25, -0.2) is 4.39 Å². The van der Waals surface area contributed by atoms with Gasteiger partial charge in [0.1, 0.15) is 0 Å². The van der Waals surface area contributed by atoms with Crippen molar-refractivity contribution in [1.29, 1.82) is 0 Å². The molecule has 0 bridgehead atoms. The first-order valence-electron chi connectivity index (χ1n) is 12.7. The third-order valence-electron chi connectivity index (χ3n) is 6.98. The predicted molar refractivity (Wildman–Crippen MR) is 130 cm³/mol. The number of hydrogen-bond donors (Lipinski definition) is 0. The van der Waals surface area contributed by atoms with Crippen LogP contribution in [0.25, 0.3) is 11.1 Å². The Morgan fingerprint density at radius 1 is 0.871 bits per heavy atom. The minimum Gasteiger partial charge on any atom is -0.488 e. The van der Waals surface area contributed by atoms with Gasteiger partial charge in [-0.2, -0.15) is 0 Å². The second-order valence-corrected chi connectivity index (χ2v) is 9.55. The summed E-state index contributed by atoms with van der Waals surface area (Å²) in [5.41, 5.74) is 3.43. The van der Waals surface area contributed by atoms with Crippen molar-refractivity contribution in [1.82, 2.24) is 0 Å². The molecule has 170 valence electrons. The van der Waals surface area contributed by atoms with Crippen LogP contribution in [0.1, 0.15) is 103 Å². The molecule has 0 N–H and O–H groups in total. The summed E-state index contributed by atoms with van der Waals surface area (Å²) >= 11 is 0. The SMILES string of the molecule is CCCCCCC(C)Oc1ccc(-c2ccc(C3CCC(CCC)CC3)cc2)cc1F. The van der Waals surface area contributed by atoms with Gasteiger partial charge in [0, 0.05) is 0 Å². The van der Waals surface area contributed by atoms with E-state index in [-0.39, 0.29) is 11.9 Å². The molecule has 2 heteroatoms. The second-order valence-electron chi connectivity index (χ2n) is 9.55. The minimum atomic E-state index is -0.267. The fourth-order valence-corrected chi connectivity index (χ4v) is 5.05. The first-order valence-corrected chi connectivity index (χ1v) is 12.7. The molecule has 3 rings (SSSR count). The van der Waals surface area contributed by atoms with Crippen LogP contribution >= 0.6 is 0 Å². The number of halogens is 1. The molecule has 1 unspecified atom stereocenters. The Bertz CT molecular complexity index is 774. The number of rotatable bonds is 11. The molecular weight excluding hydrogens is 383 g/mol. The molecule has 0 radical (unpaired) electrons. The highest BCUT2D eigenvalue weighted by molar-refractivity contribution is 5.64. The maximum atomic E-state index is 14.7. The maximum absolute atomic E-state index is 14.7. The quantitative estimate of drug-likeness (QED) is 0.326. The van der Waals surface area contributed by atoms with Crippen LogP contribution in [0.4, 0.5) is 4.39 Å². The van der Waals surface area contributed by atoms with E-state index in [1.807, 2.05) is 13.0 Å². The van der Waals surface area contributed by atoms with E-state index < -0.39 is 0 Å². The van der Waals surface area contributed by atoms with E-state index in [0.29, 0.717) is 11.7 Å². The highest BCUT2D eigenvalue weighted by Gasteiger charge is 2.21. The van der Waals surface area contributed by atoms with E-state index >= 15 is 0 Å². The molecule has 0 aromatic heterocycles. The van der Waals surface area contributed by atoms with Crippen molar-refractivity contribution in [2.45, 2.75) is 103 Å². The molecule has 0 heterocycles. The highest BCUT2D eigenvalue weighted by atomic mass is 19.1. The van der Waals surface area contributed by atoms with Gasteiger partial charge >= 0.3 is 0 Å². The summed E-state index contributed by atoms with van der Waals surface area (Å²) < 4.78 is 20.5. The van der Waals surface area contributed by atoms with Crippen LogP contribution in [-0.4, -0.2) is 6.10 Å². The molecule has 1 aliphatic rings. The van der Waals surface area contributed by atoms with Gasteiger partial charge in [0.25, 0.3) is 0 Å². The predicted octanol–water partition coefficient (Wildman–Crippen LogP) is 9.30. The van der Waals surface area contributed by atoms with Crippen molar-refractivity contribution in [3.05, 3.63) is 53.8 Å². The summed E-state index contributed by atoms with van der Waals surface area (Å²) in [6, 6.07) is 14.2. The molecule has 1 fully saturated rings. The Balaban J connectivity index is 1.56. The fraction of sp³-hybridized carbons (Fsp3) is 0.586. The Hall–Kier alpha value is -1.83. The van der Waals surface area contributed by atoms with Crippen LogP contribution in [0.15, 0.2) is 42.5 Å². The van der Waals surface area contributed by atoms with Gasteiger partial charge in [-0.1, -0.05) is 76.3 Å². The monoisotopic (exact) mass is 424 g/mol. The lowest BCUT2D eigenvalue weighted by molar-refractivity contribution is 0.197. The first-order chi connectivity index (χ1) is 15.1.